The van der Waals surface area contributed by atoms with Crippen molar-refractivity contribution in [3.05, 3.63) is 64.7 Å². The lowest BCUT2D eigenvalue weighted by atomic mass is 10.1. The molecule has 0 fully saturated rings. The van der Waals surface area contributed by atoms with Crippen molar-refractivity contribution in [1.82, 2.24) is 0 Å². The van der Waals surface area contributed by atoms with E-state index in [0.717, 1.165) is 28.9 Å². The molecule has 4 nitrogen and oxygen atoms in total. The van der Waals surface area contributed by atoms with Crippen LogP contribution in [0.2, 0.25) is 0 Å². The topological polar surface area (TPSA) is 62.1 Å². The third-order valence-electron chi connectivity index (χ3n) is 4.95. The maximum absolute atomic E-state index is 12.5. The molecule has 1 amide bonds. The minimum Gasteiger partial charge on any atom is -0.494 e. The van der Waals surface area contributed by atoms with Gasteiger partial charge in [-0.25, -0.2) is 0 Å². The molecule has 0 saturated heterocycles. The highest BCUT2D eigenvalue weighted by atomic mass is 16.5. The zero-order valence-electron chi connectivity index (χ0n) is 18.3. The number of carbonyl (C=O) groups excluding carboxylic acids is 1. The molecule has 0 aliphatic rings. The van der Waals surface area contributed by atoms with Gasteiger partial charge in [0.2, 0.25) is 0 Å². The molecule has 0 bridgehead atoms. The fraction of sp³-hybridized carbons (Fsp3) is 0.385. The molecule has 30 heavy (non-hydrogen) atoms. The average molecular weight is 405 g/mol. The van der Waals surface area contributed by atoms with E-state index in [4.69, 9.17) is 4.74 Å². The summed E-state index contributed by atoms with van der Waals surface area (Å²) in [5.74, 6) is 0.395. The van der Waals surface area contributed by atoms with Crippen LogP contribution in [0.5, 0.6) is 5.75 Å². The number of rotatable bonds is 11. The van der Waals surface area contributed by atoms with Crippen LogP contribution in [0.4, 0.5) is 5.69 Å². The Labute approximate surface area is 180 Å². The van der Waals surface area contributed by atoms with E-state index in [1.54, 1.807) is 6.08 Å². The highest BCUT2D eigenvalue weighted by Crippen LogP contribution is 2.19. The van der Waals surface area contributed by atoms with Crippen LogP contribution < -0.4 is 10.1 Å². The van der Waals surface area contributed by atoms with Crippen LogP contribution in [0.1, 0.15) is 62.1 Å². The highest BCUT2D eigenvalue weighted by Gasteiger charge is 2.11. The van der Waals surface area contributed by atoms with Gasteiger partial charge in [-0.05, 0) is 55.7 Å². The molecule has 0 aliphatic carbocycles. The summed E-state index contributed by atoms with van der Waals surface area (Å²) in [5.41, 5.74) is 3.66. The van der Waals surface area contributed by atoms with Crippen LogP contribution in [-0.4, -0.2) is 12.5 Å². The van der Waals surface area contributed by atoms with E-state index in [9.17, 15) is 10.1 Å². The number of nitrogens with one attached hydrogen (secondary N) is 1. The lowest BCUT2D eigenvalue weighted by Gasteiger charge is -2.09. The number of hydrogen-bond donors (Lipinski definition) is 1. The number of nitrogens with zero attached hydrogens (tertiary/aromatic N) is 1. The first-order chi connectivity index (χ1) is 14.5. The molecule has 2 aromatic carbocycles. The Balaban J connectivity index is 1.89. The molecule has 0 heterocycles. The van der Waals surface area contributed by atoms with Crippen LogP contribution in [0.25, 0.3) is 6.08 Å². The summed E-state index contributed by atoms with van der Waals surface area (Å²) in [7, 11) is 0. The predicted octanol–water partition coefficient (Wildman–Crippen LogP) is 6.59. The van der Waals surface area contributed by atoms with Crippen molar-refractivity contribution in [3.63, 3.8) is 0 Å². The second kappa shape index (κ2) is 12.5. The summed E-state index contributed by atoms with van der Waals surface area (Å²) in [6.45, 7) is 6.87. The monoisotopic (exact) mass is 404 g/mol. The number of aryl methyl sites for hydroxylation is 2. The number of amides is 1. The highest BCUT2D eigenvalue weighted by molar-refractivity contribution is 6.09. The number of nitriles is 1. The summed E-state index contributed by atoms with van der Waals surface area (Å²) >= 11 is 0. The average Bonchev–Trinajstić information content (AvgIpc) is 2.74. The molecule has 2 rings (SSSR count). The normalized spacial score (nSPS) is 11.1. The van der Waals surface area contributed by atoms with Crippen molar-refractivity contribution in [1.29, 1.82) is 5.26 Å². The third-order valence-corrected chi connectivity index (χ3v) is 4.95. The van der Waals surface area contributed by atoms with E-state index >= 15 is 0 Å². The first kappa shape index (κ1) is 23.2. The number of anilines is 1. The summed E-state index contributed by atoms with van der Waals surface area (Å²) in [6.07, 6.45) is 8.99. The number of carbonyl (C=O) groups is 1. The number of ether oxygens (including phenoxy) is 1. The summed E-state index contributed by atoms with van der Waals surface area (Å²) < 4.78 is 5.78. The van der Waals surface area contributed by atoms with Gasteiger partial charge in [-0.2, -0.15) is 5.26 Å². The van der Waals surface area contributed by atoms with Gasteiger partial charge in [0.25, 0.3) is 5.91 Å². The van der Waals surface area contributed by atoms with Crippen molar-refractivity contribution in [2.24, 2.45) is 0 Å². The van der Waals surface area contributed by atoms with Crippen molar-refractivity contribution in [2.75, 3.05) is 11.9 Å². The summed E-state index contributed by atoms with van der Waals surface area (Å²) in [4.78, 5) is 12.5. The van der Waals surface area contributed by atoms with E-state index in [0.29, 0.717) is 12.3 Å². The Hall–Kier alpha value is -3.06. The minimum atomic E-state index is -0.409. The van der Waals surface area contributed by atoms with E-state index in [1.807, 2.05) is 62.4 Å². The van der Waals surface area contributed by atoms with Gasteiger partial charge in [0, 0.05) is 5.69 Å². The molecule has 0 radical (unpaired) electrons. The third kappa shape index (κ3) is 7.75. The number of benzene rings is 2. The molecule has 0 unspecified atom stereocenters. The van der Waals surface area contributed by atoms with Crippen molar-refractivity contribution < 1.29 is 9.53 Å². The Morgan fingerprint density at radius 3 is 2.40 bits per heavy atom. The molecule has 4 heteroatoms. The van der Waals surface area contributed by atoms with Gasteiger partial charge in [0.1, 0.15) is 17.4 Å². The Morgan fingerprint density at radius 1 is 1.03 bits per heavy atom. The fourth-order valence-corrected chi connectivity index (χ4v) is 3.19. The second-order valence-corrected chi connectivity index (χ2v) is 7.63. The quantitative estimate of drug-likeness (QED) is 0.261. The number of hydrogen-bond acceptors (Lipinski definition) is 3. The molecular weight excluding hydrogens is 372 g/mol. The van der Waals surface area contributed by atoms with Gasteiger partial charge in [0.15, 0.2) is 0 Å². The maximum atomic E-state index is 12.5. The predicted molar refractivity (Wildman–Crippen MR) is 123 cm³/mol. The van der Waals surface area contributed by atoms with E-state index in [1.165, 1.54) is 32.1 Å². The fourth-order valence-electron chi connectivity index (χ4n) is 3.19. The van der Waals surface area contributed by atoms with Crippen LogP contribution in [0.15, 0.2) is 48.0 Å². The van der Waals surface area contributed by atoms with Crippen LogP contribution in [0.3, 0.4) is 0 Å². The lowest BCUT2D eigenvalue weighted by Crippen LogP contribution is -2.14. The van der Waals surface area contributed by atoms with Gasteiger partial charge in [-0.15, -0.1) is 0 Å². The molecule has 0 spiro atoms. The molecule has 0 aliphatic heterocycles. The Bertz CT molecular complexity index is 892. The second-order valence-electron chi connectivity index (χ2n) is 7.63. The Kier molecular flexibility index (Phi) is 9.67. The molecule has 2 aromatic rings. The van der Waals surface area contributed by atoms with E-state index in [-0.39, 0.29) is 5.57 Å². The van der Waals surface area contributed by atoms with Gasteiger partial charge in [0.05, 0.1) is 6.61 Å². The smallest absolute Gasteiger partial charge is 0.266 e. The Morgan fingerprint density at radius 2 is 1.73 bits per heavy atom. The summed E-state index contributed by atoms with van der Waals surface area (Å²) in [5, 5.41) is 12.2. The molecule has 0 saturated carbocycles. The standard InChI is InChI=1S/C26H32N2O2/c1-4-5-6-7-8-9-16-30-24-13-11-22(12-14-24)18-23(19-27)26(29)28-25-15-10-20(2)17-21(25)3/h10-15,17-18H,4-9,16H2,1-3H3,(H,28,29)/b23-18+. The van der Waals surface area contributed by atoms with Gasteiger partial charge >= 0.3 is 0 Å². The molecule has 0 atom stereocenters. The van der Waals surface area contributed by atoms with Crippen LogP contribution >= 0.6 is 0 Å². The molecule has 1 N–H and O–H groups in total. The SMILES string of the molecule is CCCCCCCCOc1ccc(/C=C(\C#N)C(=O)Nc2ccc(C)cc2C)cc1. The zero-order chi connectivity index (χ0) is 21.8. The number of unbranched alkanes of at least 4 members (excludes halogenated alkanes) is 5. The zero-order valence-corrected chi connectivity index (χ0v) is 18.3. The van der Waals surface area contributed by atoms with Crippen molar-refractivity contribution >= 4 is 17.7 Å². The minimum absolute atomic E-state index is 0.0655. The largest absolute Gasteiger partial charge is 0.494 e. The van der Waals surface area contributed by atoms with Crippen LogP contribution in [-0.2, 0) is 4.79 Å². The van der Waals surface area contributed by atoms with E-state index in [2.05, 4.69) is 12.2 Å². The van der Waals surface area contributed by atoms with Gasteiger partial charge in [-0.3, -0.25) is 4.79 Å². The molecular formula is C26H32N2O2. The van der Waals surface area contributed by atoms with E-state index < -0.39 is 5.91 Å². The molecule has 158 valence electrons. The molecule has 0 aromatic heterocycles. The van der Waals surface area contributed by atoms with Crippen LogP contribution in [0, 0.1) is 25.2 Å². The lowest BCUT2D eigenvalue weighted by molar-refractivity contribution is -0.112. The van der Waals surface area contributed by atoms with Crippen molar-refractivity contribution in [2.45, 2.75) is 59.3 Å². The first-order valence-electron chi connectivity index (χ1n) is 10.8. The van der Waals surface area contributed by atoms with Gasteiger partial charge < -0.3 is 10.1 Å². The maximum Gasteiger partial charge on any atom is 0.266 e. The van der Waals surface area contributed by atoms with Crippen molar-refractivity contribution in [3.8, 4) is 11.8 Å². The van der Waals surface area contributed by atoms with Gasteiger partial charge in [-0.1, -0.05) is 68.9 Å². The first-order valence-corrected chi connectivity index (χ1v) is 10.8. The summed E-state index contributed by atoms with van der Waals surface area (Å²) in [6, 6.07) is 15.2.